The lowest BCUT2D eigenvalue weighted by molar-refractivity contribution is 0.0394. The summed E-state index contributed by atoms with van der Waals surface area (Å²) in [4.78, 5) is 11.6. The van der Waals surface area contributed by atoms with Gasteiger partial charge in [-0.2, -0.15) is 0 Å². The number of benzene rings is 1. The van der Waals surface area contributed by atoms with E-state index in [4.69, 9.17) is 4.74 Å². The Balaban J connectivity index is 1.56. The zero-order valence-corrected chi connectivity index (χ0v) is 11.8. The van der Waals surface area contributed by atoms with Gasteiger partial charge >= 0.3 is 6.03 Å². The number of hydrogen-bond acceptors (Lipinski definition) is 3. The zero-order chi connectivity index (χ0) is 14.4. The van der Waals surface area contributed by atoms with Crippen LogP contribution >= 0.6 is 0 Å². The fourth-order valence-electron chi connectivity index (χ4n) is 2.02. The summed E-state index contributed by atoms with van der Waals surface area (Å²) >= 11 is 0. The number of aliphatic hydroxyl groups is 1. The normalized spacial score (nSPS) is 17.1. The van der Waals surface area contributed by atoms with Crippen molar-refractivity contribution in [2.24, 2.45) is 5.92 Å². The molecule has 1 aromatic rings. The Labute approximate surface area is 119 Å². The van der Waals surface area contributed by atoms with Crippen LogP contribution in [0.3, 0.4) is 0 Å². The summed E-state index contributed by atoms with van der Waals surface area (Å²) in [6, 6.07) is 9.18. The van der Waals surface area contributed by atoms with Crippen LogP contribution in [0.2, 0.25) is 0 Å². The second kappa shape index (κ2) is 6.61. The van der Waals surface area contributed by atoms with Gasteiger partial charge in [0.05, 0.1) is 12.1 Å². The van der Waals surface area contributed by atoms with Crippen LogP contribution in [0.1, 0.15) is 19.8 Å². The van der Waals surface area contributed by atoms with Crippen molar-refractivity contribution >= 4 is 6.03 Å². The van der Waals surface area contributed by atoms with Crippen LogP contribution in [0.25, 0.3) is 0 Å². The molecule has 20 heavy (non-hydrogen) atoms. The zero-order valence-electron chi connectivity index (χ0n) is 11.8. The standard InChI is InChI=1S/C15H22N2O3/c1-15(19,12-7-8-12)11-17-14(18)16-9-10-20-13-5-3-2-4-6-13/h2-6,12,19H,7-11H2,1H3,(H2,16,17,18)/t15-/m0/s1. The quantitative estimate of drug-likeness (QED) is 0.662. The van der Waals surface area contributed by atoms with Gasteiger partial charge in [0.2, 0.25) is 0 Å². The first-order valence-electron chi connectivity index (χ1n) is 7.00. The minimum Gasteiger partial charge on any atom is -0.492 e. The van der Waals surface area contributed by atoms with E-state index in [1.807, 2.05) is 30.3 Å². The minimum absolute atomic E-state index is 0.275. The number of rotatable bonds is 7. The van der Waals surface area contributed by atoms with E-state index in [0.717, 1.165) is 18.6 Å². The smallest absolute Gasteiger partial charge is 0.315 e. The third-order valence-electron chi connectivity index (χ3n) is 3.46. The molecule has 2 amide bonds. The fraction of sp³-hybridized carbons (Fsp3) is 0.533. The van der Waals surface area contributed by atoms with E-state index in [1.165, 1.54) is 0 Å². The molecular weight excluding hydrogens is 256 g/mol. The largest absolute Gasteiger partial charge is 0.492 e. The Hall–Kier alpha value is -1.75. The monoisotopic (exact) mass is 278 g/mol. The van der Waals surface area contributed by atoms with E-state index in [-0.39, 0.29) is 12.6 Å². The van der Waals surface area contributed by atoms with E-state index < -0.39 is 5.60 Å². The van der Waals surface area contributed by atoms with Crippen LogP contribution in [0, 0.1) is 5.92 Å². The molecule has 0 spiro atoms. The average molecular weight is 278 g/mol. The predicted octanol–water partition coefficient (Wildman–Crippen LogP) is 1.53. The van der Waals surface area contributed by atoms with Gasteiger partial charge in [-0.05, 0) is 37.8 Å². The van der Waals surface area contributed by atoms with E-state index >= 15 is 0 Å². The Kier molecular flexibility index (Phi) is 4.84. The highest BCUT2D eigenvalue weighted by Crippen LogP contribution is 2.38. The van der Waals surface area contributed by atoms with Gasteiger partial charge in [-0.3, -0.25) is 0 Å². The fourth-order valence-corrected chi connectivity index (χ4v) is 2.02. The summed E-state index contributed by atoms with van der Waals surface area (Å²) in [6.07, 6.45) is 2.09. The molecule has 1 fully saturated rings. The molecule has 1 aliphatic carbocycles. The number of ether oxygens (including phenoxy) is 1. The van der Waals surface area contributed by atoms with E-state index in [2.05, 4.69) is 10.6 Å². The lowest BCUT2D eigenvalue weighted by Gasteiger charge is -2.23. The molecule has 1 aromatic carbocycles. The van der Waals surface area contributed by atoms with Gasteiger partial charge in [-0.25, -0.2) is 4.79 Å². The average Bonchev–Trinajstić information content (AvgIpc) is 3.28. The first-order chi connectivity index (χ1) is 9.58. The van der Waals surface area contributed by atoms with Crippen molar-refractivity contribution in [1.82, 2.24) is 10.6 Å². The predicted molar refractivity (Wildman–Crippen MR) is 76.7 cm³/mol. The number of para-hydroxylation sites is 1. The molecule has 3 N–H and O–H groups in total. The summed E-state index contributed by atoms with van der Waals surface area (Å²) in [7, 11) is 0. The molecule has 0 aliphatic heterocycles. The van der Waals surface area contributed by atoms with Gasteiger partial charge in [0.15, 0.2) is 0 Å². The van der Waals surface area contributed by atoms with Crippen molar-refractivity contribution in [3.8, 4) is 5.75 Å². The first kappa shape index (κ1) is 14.7. The molecule has 2 rings (SSSR count). The van der Waals surface area contributed by atoms with Gasteiger partial charge in [-0.1, -0.05) is 18.2 Å². The van der Waals surface area contributed by atoms with Crippen molar-refractivity contribution in [1.29, 1.82) is 0 Å². The highest BCUT2D eigenvalue weighted by Gasteiger charge is 2.39. The molecule has 1 atom stereocenters. The molecule has 0 radical (unpaired) electrons. The highest BCUT2D eigenvalue weighted by atomic mass is 16.5. The number of hydrogen-bond donors (Lipinski definition) is 3. The van der Waals surface area contributed by atoms with Gasteiger partial charge in [-0.15, -0.1) is 0 Å². The molecule has 0 saturated heterocycles. The van der Waals surface area contributed by atoms with Gasteiger partial charge in [0.25, 0.3) is 0 Å². The Bertz CT molecular complexity index is 430. The number of amides is 2. The third-order valence-corrected chi connectivity index (χ3v) is 3.46. The summed E-state index contributed by atoms with van der Waals surface area (Å²) in [6.45, 7) is 2.88. The number of nitrogens with one attached hydrogen (secondary N) is 2. The SMILES string of the molecule is C[C@](O)(CNC(=O)NCCOc1ccccc1)C1CC1. The first-order valence-corrected chi connectivity index (χ1v) is 7.00. The topological polar surface area (TPSA) is 70.6 Å². The molecule has 0 unspecified atom stereocenters. The van der Waals surface area contributed by atoms with Crippen molar-refractivity contribution in [2.75, 3.05) is 19.7 Å². The second-order valence-electron chi connectivity index (χ2n) is 5.40. The number of carbonyl (C=O) groups excluding carboxylic acids is 1. The lowest BCUT2D eigenvalue weighted by atomic mass is 10.0. The van der Waals surface area contributed by atoms with Crippen molar-refractivity contribution < 1.29 is 14.6 Å². The summed E-state index contributed by atoms with van der Waals surface area (Å²) in [5, 5.41) is 15.4. The second-order valence-corrected chi connectivity index (χ2v) is 5.40. The van der Waals surface area contributed by atoms with Gasteiger partial charge < -0.3 is 20.5 Å². The van der Waals surface area contributed by atoms with E-state index in [1.54, 1.807) is 6.92 Å². The molecular formula is C15H22N2O3. The van der Waals surface area contributed by atoms with Crippen LogP contribution in [0.5, 0.6) is 5.75 Å². The van der Waals surface area contributed by atoms with Crippen LogP contribution in [-0.4, -0.2) is 36.4 Å². The van der Waals surface area contributed by atoms with Crippen LogP contribution in [-0.2, 0) is 0 Å². The molecule has 0 aromatic heterocycles. The van der Waals surface area contributed by atoms with E-state index in [0.29, 0.717) is 19.1 Å². The molecule has 110 valence electrons. The Morgan fingerprint density at radius 3 is 2.70 bits per heavy atom. The molecule has 1 saturated carbocycles. The van der Waals surface area contributed by atoms with Gasteiger partial charge in [0.1, 0.15) is 12.4 Å². The maximum Gasteiger partial charge on any atom is 0.315 e. The number of carbonyl (C=O) groups is 1. The third kappa shape index (κ3) is 4.74. The molecule has 5 heteroatoms. The number of urea groups is 1. The van der Waals surface area contributed by atoms with Crippen molar-refractivity contribution in [3.63, 3.8) is 0 Å². The summed E-state index contributed by atoms with van der Waals surface area (Å²) in [5.41, 5.74) is -0.794. The molecule has 0 heterocycles. The van der Waals surface area contributed by atoms with Crippen molar-refractivity contribution in [2.45, 2.75) is 25.4 Å². The maximum absolute atomic E-state index is 11.6. The van der Waals surface area contributed by atoms with Crippen LogP contribution in [0.4, 0.5) is 4.79 Å². The maximum atomic E-state index is 11.6. The Morgan fingerprint density at radius 2 is 2.05 bits per heavy atom. The summed E-state index contributed by atoms with van der Waals surface area (Å²) in [5.74, 6) is 1.11. The van der Waals surface area contributed by atoms with Gasteiger partial charge in [0, 0.05) is 6.54 Å². The molecule has 1 aliphatic rings. The molecule has 5 nitrogen and oxygen atoms in total. The Morgan fingerprint density at radius 1 is 1.35 bits per heavy atom. The summed E-state index contributed by atoms with van der Waals surface area (Å²) < 4.78 is 5.46. The molecule has 0 bridgehead atoms. The van der Waals surface area contributed by atoms with Crippen LogP contribution in [0.15, 0.2) is 30.3 Å². The highest BCUT2D eigenvalue weighted by molar-refractivity contribution is 5.73. The lowest BCUT2D eigenvalue weighted by Crippen LogP contribution is -2.46. The van der Waals surface area contributed by atoms with E-state index in [9.17, 15) is 9.90 Å². The minimum atomic E-state index is -0.794. The van der Waals surface area contributed by atoms with Crippen molar-refractivity contribution in [3.05, 3.63) is 30.3 Å². The van der Waals surface area contributed by atoms with Crippen LogP contribution < -0.4 is 15.4 Å².